The van der Waals surface area contributed by atoms with Gasteiger partial charge < -0.3 is 20.9 Å². The average Bonchev–Trinajstić information content (AvgIpc) is 2.65. The lowest BCUT2D eigenvalue weighted by molar-refractivity contribution is 0.0913. The molecule has 152 valence electrons. The van der Waals surface area contributed by atoms with Crippen molar-refractivity contribution >= 4 is 23.9 Å². The quantitative estimate of drug-likeness (QED) is 0.390. The van der Waals surface area contributed by atoms with Crippen LogP contribution >= 0.6 is 12.4 Å². The average molecular weight is 398 g/mol. The van der Waals surface area contributed by atoms with Crippen LogP contribution in [0.2, 0.25) is 0 Å². The van der Waals surface area contributed by atoms with Gasteiger partial charge in [0.2, 0.25) is 0 Å². The van der Waals surface area contributed by atoms with Crippen LogP contribution in [0.15, 0.2) is 12.1 Å². The zero-order chi connectivity index (χ0) is 19.7. The second kappa shape index (κ2) is 12.6. The lowest BCUT2D eigenvalue weighted by atomic mass is 9.91. The predicted octanol–water partition coefficient (Wildman–Crippen LogP) is 3.31. The van der Waals surface area contributed by atoms with Crippen LogP contribution in [0, 0.1) is 17.2 Å². The van der Waals surface area contributed by atoms with E-state index in [1.54, 1.807) is 12.1 Å². The Morgan fingerprint density at radius 1 is 1.30 bits per heavy atom. The summed E-state index contributed by atoms with van der Waals surface area (Å²) >= 11 is 0. The molecule has 0 aliphatic rings. The Balaban J connectivity index is 0.00000676. The highest BCUT2D eigenvalue weighted by atomic mass is 35.5. The van der Waals surface area contributed by atoms with Crippen molar-refractivity contribution in [1.82, 2.24) is 5.32 Å². The Morgan fingerprint density at radius 2 is 1.93 bits per heavy atom. The summed E-state index contributed by atoms with van der Waals surface area (Å²) in [4.78, 5) is 12.6. The number of carbonyl (C=O) groups excluding carboxylic acids is 1. The number of nitrogens with two attached hydrogens (primary N) is 1. The number of nitrogen functional groups attached to an aromatic ring is 1. The minimum absolute atomic E-state index is 0. The molecule has 0 aliphatic carbocycles. The molecule has 0 heterocycles. The van der Waals surface area contributed by atoms with Crippen molar-refractivity contribution in [3.8, 4) is 11.8 Å². The predicted molar refractivity (Wildman–Crippen MR) is 110 cm³/mol. The molecule has 0 spiro atoms. The number of nitrogens with zero attached hydrogens (tertiary/aromatic N) is 1. The normalized spacial score (nSPS) is 12.8. The van der Waals surface area contributed by atoms with Crippen molar-refractivity contribution < 1.29 is 14.6 Å². The van der Waals surface area contributed by atoms with Gasteiger partial charge in [-0.2, -0.15) is 5.26 Å². The summed E-state index contributed by atoms with van der Waals surface area (Å²) < 4.78 is 5.58. The van der Waals surface area contributed by atoms with Crippen LogP contribution in [0.5, 0.6) is 5.75 Å². The van der Waals surface area contributed by atoms with E-state index in [9.17, 15) is 15.2 Å². The van der Waals surface area contributed by atoms with E-state index in [0.717, 1.165) is 19.3 Å². The number of hydrogen-bond donors (Lipinski definition) is 3. The molecule has 2 unspecified atom stereocenters. The maximum absolute atomic E-state index is 12.6. The Kier molecular flexibility index (Phi) is 11.7. The first kappa shape index (κ1) is 25.2. The van der Waals surface area contributed by atoms with E-state index >= 15 is 0 Å². The van der Waals surface area contributed by atoms with E-state index in [1.165, 1.54) is 0 Å². The van der Waals surface area contributed by atoms with E-state index in [4.69, 9.17) is 10.5 Å². The molecule has 0 radical (unpaired) electrons. The number of hydrogen-bond acceptors (Lipinski definition) is 6. The zero-order valence-corrected chi connectivity index (χ0v) is 17.4. The topological polar surface area (TPSA) is 108 Å². The van der Waals surface area contributed by atoms with Gasteiger partial charge in [0.25, 0.3) is 0 Å². The molecule has 0 amide bonds. The van der Waals surface area contributed by atoms with Crippen LogP contribution in [0.3, 0.4) is 0 Å². The maximum Gasteiger partial charge on any atom is 0.168 e. The fraction of sp³-hybridized carbons (Fsp3) is 0.600. The van der Waals surface area contributed by atoms with Crippen LogP contribution in [-0.2, 0) is 0 Å². The van der Waals surface area contributed by atoms with Gasteiger partial charge in [-0.3, -0.25) is 4.79 Å². The Morgan fingerprint density at radius 3 is 2.44 bits per heavy atom. The van der Waals surface area contributed by atoms with E-state index in [2.05, 4.69) is 12.2 Å². The molecule has 0 saturated heterocycles. The first-order valence-electron chi connectivity index (χ1n) is 9.30. The molecular weight excluding hydrogens is 366 g/mol. The van der Waals surface area contributed by atoms with Gasteiger partial charge in [-0.25, -0.2) is 0 Å². The van der Waals surface area contributed by atoms with E-state index < -0.39 is 6.10 Å². The lowest BCUT2D eigenvalue weighted by Gasteiger charge is -2.18. The van der Waals surface area contributed by atoms with Crippen LogP contribution in [-0.4, -0.2) is 36.2 Å². The van der Waals surface area contributed by atoms with Crippen LogP contribution in [0.4, 0.5) is 5.69 Å². The van der Waals surface area contributed by atoms with Crippen LogP contribution in [0.25, 0.3) is 0 Å². The monoisotopic (exact) mass is 397 g/mol. The summed E-state index contributed by atoms with van der Waals surface area (Å²) in [6, 6.07) is 5.52. The highest BCUT2D eigenvalue weighted by Crippen LogP contribution is 2.30. The molecule has 6 nitrogen and oxygen atoms in total. The number of Topliss-reactive ketones (excluding diaryl/α,β-unsaturated/α-hetero) is 1. The van der Waals surface area contributed by atoms with Crippen LogP contribution in [0.1, 0.15) is 62.9 Å². The Labute approximate surface area is 168 Å². The fourth-order valence-corrected chi connectivity index (χ4v) is 2.66. The number of aliphatic hydroxyl groups excluding tert-OH is 1. The van der Waals surface area contributed by atoms with Gasteiger partial charge in [-0.05, 0) is 38.3 Å². The molecule has 4 N–H and O–H groups in total. The molecule has 7 heteroatoms. The summed E-state index contributed by atoms with van der Waals surface area (Å²) in [7, 11) is 0. The zero-order valence-electron chi connectivity index (χ0n) is 16.6. The number of carbonyl (C=O) groups is 1. The van der Waals surface area contributed by atoms with Crippen molar-refractivity contribution in [3.05, 3.63) is 23.3 Å². The van der Waals surface area contributed by atoms with E-state index in [1.807, 2.05) is 26.8 Å². The van der Waals surface area contributed by atoms with Gasteiger partial charge in [0, 0.05) is 24.1 Å². The van der Waals surface area contributed by atoms with Crippen LogP contribution < -0.4 is 15.8 Å². The Hall–Kier alpha value is -1.81. The minimum atomic E-state index is -0.706. The van der Waals surface area contributed by atoms with Gasteiger partial charge in [0.1, 0.15) is 30.1 Å². The number of halogens is 1. The summed E-state index contributed by atoms with van der Waals surface area (Å²) in [5.74, 6) is 0.131. The van der Waals surface area contributed by atoms with Gasteiger partial charge in [-0.15, -0.1) is 12.4 Å². The highest BCUT2D eigenvalue weighted by molar-refractivity contribution is 6.03. The molecule has 1 rings (SSSR count). The molecule has 0 bridgehead atoms. The van der Waals surface area contributed by atoms with Gasteiger partial charge in [-0.1, -0.05) is 20.8 Å². The number of ketones is 1. The standard InChI is InChI=1S/C20H31N3O3.ClH/c1-5-13(4)23-11-15(24)12-26-18-9-8-16(19(22)17(18)10-21)20(25)14(6-2)7-3;/h8-9,13-15,23-24H,5-7,11-12,22H2,1-4H3;1H. The molecule has 1 aromatic rings. The maximum atomic E-state index is 12.6. The number of aliphatic hydroxyl groups is 1. The number of nitrogens with one attached hydrogen (secondary N) is 1. The highest BCUT2D eigenvalue weighted by Gasteiger charge is 2.22. The largest absolute Gasteiger partial charge is 0.489 e. The first-order valence-corrected chi connectivity index (χ1v) is 9.30. The number of ether oxygens (including phenoxy) is 1. The number of rotatable bonds is 11. The molecule has 0 fully saturated rings. The van der Waals surface area contributed by atoms with E-state index in [0.29, 0.717) is 18.2 Å². The van der Waals surface area contributed by atoms with Crippen molar-refractivity contribution in [1.29, 1.82) is 5.26 Å². The van der Waals surface area contributed by atoms with Crippen molar-refractivity contribution in [2.45, 2.75) is 59.1 Å². The summed E-state index contributed by atoms with van der Waals surface area (Å²) in [5.41, 5.74) is 6.72. The smallest absolute Gasteiger partial charge is 0.168 e. The molecular formula is C20H32ClN3O3. The number of benzene rings is 1. The van der Waals surface area contributed by atoms with Gasteiger partial charge in [0.05, 0.1) is 5.69 Å². The van der Waals surface area contributed by atoms with Crippen molar-refractivity contribution in [3.63, 3.8) is 0 Å². The molecule has 0 aliphatic heterocycles. The van der Waals surface area contributed by atoms with Crippen molar-refractivity contribution in [2.24, 2.45) is 5.92 Å². The number of anilines is 1. The molecule has 0 aromatic heterocycles. The molecule has 0 saturated carbocycles. The minimum Gasteiger partial charge on any atom is -0.489 e. The summed E-state index contributed by atoms with van der Waals surface area (Å²) in [5, 5.41) is 22.6. The Bertz CT molecular complexity index is 642. The van der Waals surface area contributed by atoms with Crippen molar-refractivity contribution in [2.75, 3.05) is 18.9 Å². The third kappa shape index (κ3) is 7.02. The second-order valence-corrected chi connectivity index (χ2v) is 6.57. The van der Waals surface area contributed by atoms with Gasteiger partial charge in [0.15, 0.2) is 5.78 Å². The van der Waals surface area contributed by atoms with Gasteiger partial charge >= 0.3 is 0 Å². The molecule has 2 atom stereocenters. The lowest BCUT2D eigenvalue weighted by Crippen LogP contribution is -2.36. The number of nitriles is 1. The third-order valence-corrected chi connectivity index (χ3v) is 4.69. The first-order chi connectivity index (χ1) is 12.4. The SMILES string of the molecule is CCC(C)NCC(O)COc1ccc(C(=O)C(CC)CC)c(N)c1C#N.Cl. The molecule has 27 heavy (non-hydrogen) atoms. The summed E-state index contributed by atoms with van der Waals surface area (Å²) in [6.07, 6.45) is 1.71. The molecule has 1 aromatic carbocycles. The summed E-state index contributed by atoms with van der Waals surface area (Å²) in [6.45, 7) is 8.46. The fourth-order valence-electron chi connectivity index (χ4n) is 2.66. The second-order valence-electron chi connectivity index (χ2n) is 6.57. The van der Waals surface area contributed by atoms with E-state index in [-0.39, 0.29) is 47.7 Å². The third-order valence-electron chi connectivity index (χ3n) is 4.69.